The normalized spacial score (nSPS) is 12.6. The van der Waals surface area contributed by atoms with Gasteiger partial charge in [0.1, 0.15) is 11.3 Å². The van der Waals surface area contributed by atoms with Gasteiger partial charge in [-0.1, -0.05) is 60.9 Å². The van der Waals surface area contributed by atoms with Crippen LogP contribution in [-0.2, 0) is 0 Å². The highest BCUT2D eigenvalue weighted by atomic mass is 35.5. The van der Waals surface area contributed by atoms with E-state index in [4.69, 9.17) is 21.1 Å². The first-order chi connectivity index (χ1) is 13.9. The highest BCUT2D eigenvalue weighted by molar-refractivity contribution is 6.29. The van der Waals surface area contributed by atoms with Crippen LogP contribution in [0.3, 0.4) is 0 Å². The molecule has 3 aromatic heterocycles. The van der Waals surface area contributed by atoms with Crippen LogP contribution in [0.15, 0.2) is 51.8 Å². The lowest BCUT2D eigenvalue weighted by Gasteiger charge is -2.25. The molecule has 0 fully saturated rings. The van der Waals surface area contributed by atoms with Crippen molar-refractivity contribution in [2.75, 3.05) is 0 Å². The second-order valence-electron chi connectivity index (χ2n) is 7.42. The fraction of sp³-hybridized carbons (Fsp3) is 0.273. The van der Waals surface area contributed by atoms with Gasteiger partial charge in [-0.25, -0.2) is 9.97 Å². The molecule has 0 bridgehead atoms. The van der Waals surface area contributed by atoms with E-state index in [9.17, 15) is 4.79 Å². The number of nitrogens with zero attached hydrogens (tertiary/aromatic N) is 4. The van der Waals surface area contributed by atoms with Crippen molar-refractivity contribution in [3.63, 3.8) is 0 Å². The van der Waals surface area contributed by atoms with Gasteiger partial charge in [0, 0.05) is 0 Å². The van der Waals surface area contributed by atoms with Gasteiger partial charge in [0.05, 0.1) is 23.0 Å². The Hall–Kier alpha value is -2.99. The molecule has 29 heavy (non-hydrogen) atoms. The molecule has 0 saturated heterocycles. The number of hydrogen-bond acceptors (Lipinski definition) is 5. The number of fused-ring (bicyclic) bond motifs is 1. The van der Waals surface area contributed by atoms with Gasteiger partial charge in [0.2, 0.25) is 0 Å². The van der Waals surface area contributed by atoms with Crippen LogP contribution >= 0.6 is 11.6 Å². The summed E-state index contributed by atoms with van der Waals surface area (Å²) in [4.78, 5) is 22.2. The predicted octanol–water partition coefficient (Wildman–Crippen LogP) is 4.96. The van der Waals surface area contributed by atoms with Crippen LogP contribution in [0.2, 0.25) is 5.15 Å². The number of pyridine rings is 1. The minimum Gasteiger partial charge on any atom is -0.361 e. The summed E-state index contributed by atoms with van der Waals surface area (Å²) in [5, 5.41) is 3.95. The van der Waals surface area contributed by atoms with Crippen molar-refractivity contribution in [1.82, 2.24) is 19.7 Å². The second-order valence-corrected chi connectivity index (χ2v) is 7.77. The lowest BCUT2D eigenvalue weighted by Crippen LogP contribution is -2.30. The molecule has 4 rings (SSSR count). The molecule has 1 aromatic carbocycles. The summed E-state index contributed by atoms with van der Waals surface area (Å²) < 4.78 is 6.95. The van der Waals surface area contributed by atoms with Gasteiger partial charge >= 0.3 is 0 Å². The van der Waals surface area contributed by atoms with Gasteiger partial charge < -0.3 is 4.52 Å². The van der Waals surface area contributed by atoms with Crippen LogP contribution in [0, 0.1) is 19.8 Å². The molecule has 3 heterocycles. The topological polar surface area (TPSA) is 73.8 Å². The minimum absolute atomic E-state index is 0.0639. The first-order valence-electron chi connectivity index (χ1n) is 9.45. The highest BCUT2D eigenvalue weighted by Crippen LogP contribution is 2.31. The van der Waals surface area contributed by atoms with Crippen molar-refractivity contribution in [2.45, 2.75) is 33.7 Å². The third-order valence-electron chi connectivity index (χ3n) is 5.04. The number of halogens is 1. The molecular weight excluding hydrogens is 388 g/mol. The summed E-state index contributed by atoms with van der Waals surface area (Å²) in [6, 6.07) is 13.3. The quantitative estimate of drug-likeness (QED) is 0.477. The summed E-state index contributed by atoms with van der Waals surface area (Å²) in [6.45, 7) is 7.85. The number of rotatable bonds is 4. The monoisotopic (exact) mass is 408 g/mol. The Morgan fingerprint density at radius 3 is 2.38 bits per heavy atom. The Morgan fingerprint density at radius 2 is 1.76 bits per heavy atom. The maximum absolute atomic E-state index is 13.1. The molecule has 0 aliphatic heterocycles. The van der Waals surface area contributed by atoms with Crippen LogP contribution in [0.25, 0.3) is 22.4 Å². The maximum atomic E-state index is 13.1. The zero-order valence-corrected chi connectivity index (χ0v) is 17.4. The van der Waals surface area contributed by atoms with Crippen molar-refractivity contribution < 1.29 is 4.52 Å². The van der Waals surface area contributed by atoms with E-state index in [0.29, 0.717) is 22.6 Å². The van der Waals surface area contributed by atoms with Crippen molar-refractivity contribution in [3.8, 4) is 11.3 Å². The number of aryl methyl sites for hydroxylation is 2. The molecule has 0 aliphatic rings. The van der Waals surface area contributed by atoms with E-state index in [1.807, 2.05) is 56.3 Å². The molecule has 7 heteroatoms. The van der Waals surface area contributed by atoms with Crippen LogP contribution in [-0.4, -0.2) is 19.7 Å². The third-order valence-corrected chi connectivity index (χ3v) is 5.28. The first-order valence-corrected chi connectivity index (χ1v) is 9.83. The highest BCUT2D eigenvalue weighted by Gasteiger charge is 2.24. The van der Waals surface area contributed by atoms with Crippen LogP contribution < -0.4 is 5.56 Å². The molecule has 0 amide bonds. The lowest BCUT2D eigenvalue weighted by atomic mass is 9.95. The van der Waals surface area contributed by atoms with Gasteiger partial charge in [-0.3, -0.25) is 9.36 Å². The average molecular weight is 409 g/mol. The predicted molar refractivity (Wildman–Crippen MR) is 113 cm³/mol. The number of hydrogen-bond donors (Lipinski definition) is 0. The zero-order chi connectivity index (χ0) is 20.7. The zero-order valence-electron chi connectivity index (χ0n) is 16.7. The van der Waals surface area contributed by atoms with Crippen molar-refractivity contribution in [1.29, 1.82) is 0 Å². The summed E-state index contributed by atoms with van der Waals surface area (Å²) >= 11 is 6.22. The Kier molecular flexibility index (Phi) is 4.96. The smallest absolute Gasteiger partial charge is 0.290 e. The second kappa shape index (κ2) is 7.44. The molecule has 0 radical (unpaired) electrons. The van der Waals surface area contributed by atoms with E-state index < -0.39 is 0 Å². The third kappa shape index (κ3) is 3.34. The standard InChI is InChI=1S/C22H21ClN4O2/c1-12(2)19(15-8-6-5-7-9-15)27-21-17(24-20(23)22(27)28)11-10-16(25-21)18-13(3)26-29-14(18)4/h5-12,19H,1-4H3/t19-/m0/s1. The molecule has 1 atom stereocenters. The van der Waals surface area contributed by atoms with Gasteiger partial charge in [0.25, 0.3) is 5.56 Å². The number of aromatic nitrogens is 4. The van der Waals surface area contributed by atoms with Gasteiger partial charge in [-0.15, -0.1) is 0 Å². The van der Waals surface area contributed by atoms with Crippen LogP contribution in [0.4, 0.5) is 0 Å². The van der Waals surface area contributed by atoms with Crippen molar-refractivity contribution in [2.24, 2.45) is 5.92 Å². The molecule has 4 aromatic rings. The first kappa shape index (κ1) is 19.3. The van der Waals surface area contributed by atoms with Gasteiger partial charge in [-0.2, -0.15) is 0 Å². The Morgan fingerprint density at radius 1 is 1.03 bits per heavy atom. The summed E-state index contributed by atoms with van der Waals surface area (Å²) in [6.07, 6.45) is 0. The van der Waals surface area contributed by atoms with Crippen LogP contribution in [0.5, 0.6) is 0 Å². The SMILES string of the molecule is Cc1noc(C)c1-c1ccc2nc(Cl)c(=O)n([C@H](c3ccccc3)C(C)C)c2n1. The molecule has 0 saturated carbocycles. The average Bonchev–Trinajstić information content (AvgIpc) is 3.04. The minimum atomic E-state index is -0.356. The van der Waals surface area contributed by atoms with E-state index in [2.05, 4.69) is 24.0 Å². The molecule has 0 spiro atoms. The fourth-order valence-electron chi connectivity index (χ4n) is 3.78. The van der Waals surface area contributed by atoms with Crippen molar-refractivity contribution >= 4 is 22.8 Å². The molecule has 0 unspecified atom stereocenters. The molecule has 0 aliphatic carbocycles. The van der Waals surface area contributed by atoms with E-state index >= 15 is 0 Å². The van der Waals surface area contributed by atoms with Crippen LogP contribution in [0.1, 0.15) is 36.9 Å². The molecular formula is C22H21ClN4O2. The summed E-state index contributed by atoms with van der Waals surface area (Å²) in [5.74, 6) is 0.801. The van der Waals surface area contributed by atoms with Crippen molar-refractivity contribution in [3.05, 3.63) is 75.0 Å². The number of benzene rings is 1. The maximum Gasteiger partial charge on any atom is 0.290 e. The fourth-order valence-corrected chi connectivity index (χ4v) is 3.97. The Labute approximate surface area is 173 Å². The van der Waals surface area contributed by atoms with E-state index in [0.717, 1.165) is 16.8 Å². The van der Waals surface area contributed by atoms with Gasteiger partial charge in [-0.05, 0) is 37.5 Å². The summed E-state index contributed by atoms with van der Waals surface area (Å²) in [7, 11) is 0. The summed E-state index contributed by atoms with van der Waals surface area (Å²) in [5.41, 5.74) is 3.95. The molecule has 148 valence electrons. The van der Waals surface area contributed by atoms with Gasteiger partial charge in [0.15, 0.2) is 10.8 Å². The molecule has 0 N–H and O–H groups in total. The Balaban J connectivity index is 2.05. The van der Waals surface area contributed by atoms with E-state index in [1.54, 1.807) is 4.57 Å². The Bertz CT molecular complexity index is 1230. The largest absolute Gasteiger partial charge is 0.361 e. The van der Waals surface area contributed by atoms with E-state index in [-0.39, 0.29) is 22.7 Å². The lowest BCUT2D eigenvalue weighted by molar-refractivity contribution is 0.393. The molecule has 6 nitrogen and oxygen atoms in total. The van der Waals surface area contributed by atoms with E-state index in [1.165, 1.54) is 0 Å².